The molecule has 6 heteroatoms. The van der Waals surface area contributed by atoms with Crippen LogP contribution in [0.2, 0.25) is 5.02 Å². The number of anilines is 1. The fourth-order valence-corrected chi connectivity index (χ4v) is 3.41. The van der Waals surface area contributed by atoms with E-state index in [-0.39, 0.29) is 6.73 Å². The third-order valence-corrected chi connectivity index (χ3v) is 4.61. The molecule has 0 radical (unpaired) electrons. The molecule has 23 heavy (non-hydrogen) atoms. The van der Waals surface area contributed by atoms with Crippen molar-refractivity contribution in [3.63, 3.8) is 0 Å². The van der Waals surface area contributed by atoms with Gasteiger partial charge in [-0.15, -0.1) is 0 Å². The Morgan fingerprint density at radius 2 is 1.96 bits per heavy atom. The molecule has 1 aliphatic heterocycles. The highest BCUT2D eigenvalue weighted by Crippen LogP contribution is 2.17. The van der Waals surface area contributed by atoms with Crippen LogP contribution in [-0.2, 0) is 19.9 Å². The number of hydrogen-bond donors (Lipinski definition) is 3. The molecule has 0 spiro atoms. The predicted molar refractivity (Wildman–Crippen MR) is 89.0 cm³/mol. The molecule has 1 atom stereocenters. The molecule has 0 saturated heterocycles. The average molecular weight is 331 g/mol. The third-order valence-electron chi connectivity index (χ3n) is 4.36. The second kappa shape index (κ2) is 5.85. The van der Waals surface area contributed by atoms with Crippen LogP contribution in [0, 0.1) is 0 Å². The first-order valence-corrected chi connectivity index (χ1v) is 8.08. The van der Waals surface area contributed by atoms with E-state index in [0.717, 1.165) is 41.9 Å². The second-order valence-electron chi connectivity index (χ2n) is 5.87. The number of nitrogens with one attached hydrogen (secondary N) is 2. The molecule has 3 N–H and O–H groups in total. The van der Waals surface area contributed by atoms with Crippen LogP contribution in [0.25, 0.3) is 11.0 Å². The molecule has 0 fully saturated rings. The smallest absolute Gasteiger partial charge is 0.363 e. The molecule has 1 aromatic heterocycles. The van der Waals surface area contributed by atoms with E-state index in [2.05, 4.69) is 28.1 Å². The molecule has 2 heterocycles. The number of aromatic nitrogens is 2. The molecule has 1 aliphatic rings. The zero-order valence-corrected chi connectivity index (χ0v) is 13.4. The van der Waals surface area contributed by atoms with Crippen LogP contribution in [0.5, 0.6) is 0 Å². The lowest BCUT2D eigenvalue weighted by molar-refractivity contribution is -1.05. The molecule has 3 aromatic rings. The molecule has 2 aromatic carbocycles. The van der Waals surface area contributed by atoms with Crippen molar-refractivity contribution in [1.29, 1.82) is 0 Å². The zero-order valence-electron chi connectivity index (χ0n) is 12.7. The number of imidazole rings is 1. The number of quaternary nitrogens is 1. The standard InChI is InChI=1S/C17H17ClN4O/c18-14-7-5-13(6-8-14)9-20-10-19-17-21(11-20)15-3-1-2-4-16(15)22(17)12-23/h1-8,23H,9-12H2/p+2. The topological polar surface area (TPSA) is 45.5 Å². The van der Waals surface area contributed by atoms with Crippen molar-refractivity contribution in [2.24, 2.45) is 0 Å². The highest BCUT2D eigenvalue weighted by Gasteiger charge is 2.31. The number of fused-ring (bicyclic) bond motifs is 3. The Hall–Kier alpha value is -2.08. The van der Waals surface area contributed by atoms with Gasteiger partial charge in [-0.25, -0.2) is 9.88 Å². The summed E-state index contributed by atoms with van der Waals surface area (Å²) in [7, 11) is 0. The average Bonchev–Trinajstić information content (AvgIpc) is 2.90. The normalized spacial score (nSPS) is 17.0. The number of benzene rings is 2. The van der Waals surface area contributed by atoms with E-state index in [0.29, 0.717) is 0 Å². The van der Waals surface area contributed by atoms with Crippen molar-refractivity contribution < 1.29 is 14.6 Å². The Balaban J connectivity index is 1.65. The molecule has 0 amide bonds. The summed E-state index contributed by atoms with van der Waals surface area (Å²) in [6, 6.07) is 16.2. The van der Waals surface area contributed by atoms with Crippen LogP contribution in [0.1, 0.15) is 5.56 Å². The zero-order chi connectivity index (χ0) is 15.8. The monoisotopic (exact) mass is 330 g/mol. The molecule has 0 aliphatic carbocycles. The van der Waals surface area contributed by atoms with E-state index >= 15 is 0 Å². The predicted octanol–water partition coefficient (Wildman–Crippen LogP) is 0.958. The minimum absolute atomic E-state index is 0.0254. The SMILES string of the molecule is OCn1c2[n+](c3ccccc31)C[NH+](Cc1ccc(Cl)cc1)CN2. The summed E-state index contributed by atoms with van der Waals surface area (Å²) in [4.78, 5) is 1.41. The quantitative estimate of drug-likeness (QED) is 0.626. The van der Waals surface area contributed by atoms with Crippen molar-refractivity contribution in [3.8, 4) is 0 Å². The summed E-state index contributed by atoms with van der Waals surface area (Å²) in [6.45, 7) is 2.58. The Morgan fingerprint density at radius 1 is 1.17 bits per heavy atom. The maximum absolute atomic E-state index is 9.70. The minimum atomic E-state index is -0.0254. The number of rotatable bonds is 3. The van der Waals surface area contributed by atoms with Gasteiger partial charge in [-0.1, -0.05) is 35.9 Å². The lowest BCUT2D eigenvalue weighted by Crippen LogP contribution is -3.14. The maximum Gasteiger partial charge on any atom is 0.369 e. The molecular weight excluding hydrogens is 312 g/mol. The lowest BCUT2D eigenvalue weighted by atomic mass is 10.2. The van der Waals surface area contributed by atoms with Crippen molar-refractivity contribution >= 4 is 28.6 Å². The Bertz CT molecular complexity index is 844. The van der Waals surface area contributed by atoms with Gasteiger partial charge >= 0.3 is 5.95 Å². The number of nitrogens with zero attached hydrogens (tertiary/aromatic N) is 2. The molecule has 0 bridgehead atoms. The van der Waals surface area contributed by atoms with Crippen LogP contribution in [0.15, 0.2) is 48.5 Å². The lowest BCUT2D eigenvalue weighted by Gasteiger charge is -2.22. The van der Waals surface area contributed by atoms with Gasteiger partial charge in [0.1, 0.15) is 17.6 Å². The van der Waals surface area contributed by atoms with E-state index in [4.69, 9.17) is 11.6 Å². The van der Waals surface area contributed by atoms with Gasteiger partial charge in [0, 0.05) is 10.6 Å². The number of halogens is 1. The molecule has 4 rings (SSSR count). The highest BCUT2D eigenvalue weighted by atomic mass is 35.5. The maximum atomic E-state index is 9.70. The first kappa shape index (κ1) is 14.5. The van der Waals surface area contributed by atoms with Gasteiger partial charge in [-0.05, 0) is 24.3 Å². The summed E-state index contributed by atoms with van der Waals surface area (Å²) in [6.07, 6.45) is 0. The molecule has 1 unspecified atom stereocenters. The first-order valence-electron chi connectivity index (χ1n) is 7.70. The summed E-state index contributed by atoms with van der Waals surface area (Å²) < 4.78 is 4.15. The number of aliphatic hydroxyl groups is 1. The summed E-state index contributed by atoms with van der Waals surface area (Å²) in [5, 5.41) is 13.9. The van der Waals surface area contributed by atoms with Crippen LogP contribution < -0.4 is 14.8 Å². The van der Waals surface area contributed by atoms with Crippen molar-refractivity contribution in [2.45, 2.75) is 19.9 Å². The second-order valence-corrected chi connectivity index (χ2v) is 6.31. The summed E-state index contributed by atoms with van der Waals surface area (Å²) in [5.41, 5.74) is 3.45. The van der Waals surface area contributed by atoms with Gasteiger partial charge in [0.05, 0.1) is 0 Å². The van der Waals surface area contributed by atoms with E-state index in [1.54, 1.807) is 0 Å². The minimum Gasteiger partial charge on any atom is -0.363 e. The fourth-order valence-electron chi connectivity index (χ4n) is 3.28. The van der Waals surface area contributed by atoms with Gasteiger partial charge in [0.2, 0.25) is 6.67 Å². The Kier molecular flexibility index (Phi) is 3.69. The van der Waals surface area contributed by atoms with Gasteiger partial charge in [0.25, 0.3) is 0 Å². The largest absolute Gasteiger partial charge is 0.369 e. The molecular formula is C17H19ClN4O+2. The Morgan fingerprint density at radius 3 is 2.74 bits per heavy atom. The first-order chi connectivity index (χ1) is 11.3. The van der Waals surface area contributed by atoms with Gasteiger partial charge in [0.15, 0.2) is 13.4 Å². The van der Waals surface area contributed by atoms with Crippen LogP contribution in [0.4, 0.5) is 5.95 Å². The number of para-hydroxylation sites is 2. The molecule has 5 nitrogen and oxygen atoms in total. The molecule has 0 saturated carbocycles. The number of aliphatic hydroxyl groups excluding tert-OH is 1. The third kappa shape index (κ3) is 2.57. The number of hydrogen-bond acceptors (Lipinski definition) is 2. The van der Waals surface area contributed by atoms with Crippen LogP contribution in [0.3, 0.4) is 0 Å². The molecule has 118 valence electrons. The van der Waals surface area contributed by atoms with Crippen LogP contribution in [-0.4, -0.2) is 16.3 Å². The van der Waals surface area contributed by atoms with Crippen LogP contribution >= 0.6 is 11.6 Å². The van der Waals surface area contributed by atoms with E-state index < -0.39 is 0 Å². The van der Waals surface area contributed by atoms with E-state index in [1.165, 1.54) is 10.5 Å². The highest BCUT2D eigenvalue weighted by molar-refractivity contribution is 6.30. The Labute approximate surface area is 139 Å². The van der Waals surface area contributed by atoms with E-state index in [9.17, 15) is 5.11 Å². The van der Waals surface area contributed by atoms with E-state index in [1.807, 2.05) is 34.9 Å². The van der Waals surface area contributed by atoms with Gasteiger partial charge in [-0.3, -0.25) is 4.90 Å². The van der Waals surface area contributed by atoms with Gasteiger partial charge < -0.3 is 5.11 Å². The van der Waals surface area contributed by atoms with Crippen molar-refractivity contribution in [1.82, 2.24) is 4.57 Å². The summed E-state index contributed by atoms with van der Waals surface area (Å²) >= 11 is 5.96. The fraction of sp³-hybridized carbons (Fsp3) is 0.235. The van der Waals surface area contributed by atoms with Gasteiger partial charge in [-0.2, -0.15) is 4.57 Å². The van der Waals surface area contributed by atoms with Crippen molar-refractivity contribution in [3.05, 3.63) is 59.1 Å². The summed E-state index contributed by atoms with van der Waals surface area (Å²) in [5.74, 6) is 0.966. The van der Waals surface area contributed by atoms with Crippen molar-refractivity contribution in [2.75, 3.05) is 12.0 Å².